The summed E-state index contributed by atoms with van der Waals surface area (Å²) in [7, 11) is 0. The highest BCUT2D eigenvalue weighted by Crippen LogP contribution is 2.23. The van der Waals surface area contributed by atoms with Gasteiger partial charge in [0.1, 0.15) is 5.82 Å². The molecule has 1 aliphatic heterocycles. The van der Waals surface area contributed by atoms with Crippen LogP contribution in [-0.2, 0) is 9.59 Å². The van der Waals surface area contributed by atoms with Crippen LogP contribution in [0.4, 0.5) is 11.5 Å². The van der Waals surface area contributed by atoms with Gasteiger partial charge in [-0.3, -0.25) is 9.59 Å². The molecular formula is C13H19N5O2. The molecule has 2 amide bonds. The minimum Gasteiger partial charge on any atom is -0.370 e. The van der Waals surface area contributed by atoms with Crippen LogP contribution in [0.5, 0.6) is 0 Å². The number of nitrogens with two attached hydrogens (primary N) is 2. The van der Waals surface area contributed by atoms with Crippen LogP contribution in [0, 0.1) is 5.92 Å². The number of nitrogens with one attached hydrogen (secondary N) is 1. The van der Waals surface area contributed by atoms with Crippen LogP contribution in [0.25, 0.3) is 0 Å². The first-order valence-electron chi connectivity index (χ1n) is 6.60. The van der Waals surface area contributed by atoms with E-state index < -0.39 is 0 Å². The van der Waals surface area contributed by atoms with Crippen LogP contribution in [0.3, 0.4) is 0 Å². The van der Waals surface area contributed by atoms with Gasteiger partial charge in [-0.05, 0) is 25.0 Å². The molecule has 7 heteroatoms. The van der Waals surface area contributed by atoms with Crippen molar-refractivity contribution in [2.45, 2.75) is 12.8 Å². The zero-order valence-electron chi connectivity index (χ0n) is 11.2. The number of piperidine rings is 1. The fraction of sp³-hybridized carbons (Fsp3) is 0.462. The molecule has 108 valence electrons. The van der Waals surface area contributed by atoms with Crippen molar-refractivity contribution >= 4 is 23.3 Å². The Morgan fingerprint density at radius 2 is 2.05 bits per heavy atom. The molecule has 5 N–H and O–H groups in total. The number of nitrogens with zero attached hydrogens (tertiary/aromatic N) is 2. The van der Waals surface area contributed by atoms with Crippen LogP contribution in [0.2, 0.25) is 0 Å². The Morgan fingerprint density at radius 1 is 1.35 bits per heavy atom. The molecule has 0 saturated carbocycles. The average Bonchev–Trinajstić information content (AvgIpc) is 2.48. The molecule has 1 fully saturated rings. The number of pyridine rings is 1. The molecule has 1 aromatic heterocycles. The van der Waals surface area contributed by atoms with Gasteiger partial charge in [-0.1, -0.05) is 0 Å². The number of carbonyl (C=O) groups excluding carboxylic acids is 2. The fourth-order valence-electron chi connectivity index (χ4n) is 2.26. The highest BCUT2D eigenvalue weighted by molar-refractivity contribution is 5.91. The lowest BCUT2D eigenvalue weighted by atomic mass is 9.96. The number of carbonyl (C=O) groups is 2. The highest BCUT2D eigenvalue weighted by atomic mass is 16.2. The van der Waals surface area contributed by atoms with Crippen LogP contribution in [-0.4, -0.2) is 36.4 Å². The molecule has 1 aromatic rings. The Balaban J connectivity index is 1.94. The molecule has 0 bridgehead atoms. The van der Waals surface area contributed by atoms with Crippen LogP contribution >= 0.6 is 0 Å². The Bertz CT molecular complexity index is 480. The van der Waals surface area contributed by atoms with E-state index in [0.29, 0.717) is 5.82 Å². The van der Waals surface area contributed by atoms with Crippen molar-refractivity contribution in [2.75, 3.05) is 29.9 Å². The molecule has 1 aliphatic rings. The van der Waals surface area contributed by atoms with Gasteiger partial charge in [0.2, 0.25) is 11.8 Å². The van der Waals surface area contributed by atoms with E-state index in [1.54, 1.807) is 12.3 Å². The van der Waals surface area contributed by atoms with Crippen molar-refractivity contribution in [1.29, 1.82) is 0 Å². The Labute approximate surface area is 117 Å². The summed E-state index contributed by atoms with van der Waals surface area (Å²) in [6, 6.07) is 3.63. The fourth-order valence-corrected chi connectivity index (χ4v) is 2.26. The molecule has 7 nitrogen and oxygen atoms in total. The second-order valence-corrected chi connectivity index (χ2v) is 4.82. The maximum Gasteiger partial charge on any atom is 0.239 e. The maximum absolute atomic E-state index is 11.1. The van der Waals surface area contributed by atoms with Gasteiger partial charge in [0.25, 0.3) is 0 Å². The second-order valence-electron chi connectivity index (χ2n) is 4.82. The summed E-state index contributed by atoms with van der Waals surface area (Å²) in [5.74, 6) is -0.0336. The minimum absolute atomic E-state index is 0.0256. The number of anilines is 2. The van der Waals surface area contributed by atoms with Crippen molar-refractivity contribution in [2.24, 2.45) is 17.4 Å². The maximum atomic E-state index is 11.1. The molecular weight excluding hydrogens is 258 g/mol. The molecule has 0 aromatic carbocycles. The quantitative estimate of drug-likeness (QED) is 0.698. The lowest BCUT2D eigenvalue weighted by Gasteiger charge is -2.32. The third kappa shape index (κ3) is 3.45. The van der Waals surface area contributed by atoms with Crippen molar-refractivity contribution in [3.8, 4) is 0 Å². The van der Waals surface area contributed by atoms with E-state index in [1.807, 2.05) is 6.07 Å². The van der Waals surface area contributed by atoms with Crippen molar-refractivity contribution in [3.63, 3.8) is 0 Å². The van der Waals surface area contributed by atoms with Crippen LogP contribution in [0.1, 0.15) is 12.8 Å². The van der Waals surface area contributed by atoms with E-state index >= 15 is 0 Å². The zero-order valence-corrected chi connectivity index (χ0v) is 11.2. The minimum atomic E-state index is -0.271. The number of aromatic nitrogens is 1. The molecule has 0 unspecified atom stereocenters. The predicted octanol–water partition coefficient (Wildman–Crippen LogP) is -0.320. The number of amides is 2. The first kappa shape index (κ1) is 14.3. The largest absolute Gasteiger partial charge is 0.370 e. The summed E-state index contributed by atoms with van der Waals surface area (Å²) in [4.78, 5) is 28.6. The molecule has 0 radical (unpaired) electrons. The average molecular weight is 277 g/mol. The number of hydrogen-bond acceptors (Lipinski definition) is 5. The van der Waals surface area contributed by atoms with E-state index in [4.69, 9.17) is 11.5 Å². The van der Waals surface area contributed by atoms with E-state index in [9.17, 15) is 9.59 Å². The van der Waals surface area contributed by atoms with Crippen molar-refractivity contribution < 1.29 is 9.59 Å². The van der Waals surface area contributed by atoms with E-state index in [2.05, 4.69) is 15.2 Å². The third-order valence-corrected chi connectivity index (χ3v) is 3.46. The molecule has 0 atom stereocenters. The first-order valence-corrected chi connectivity index (χ1v) is 6.60. The molecule has 20 heavy (non-hydrogen) atoms. The van der Waals surface area contributed by atoms with Gasteiger partial charge in [-0.25, -0.2) is 4.98 Å². The normalized spacial score (nSPS) is 15.9. The summed E-state index contributed by atoms with van der Waals surface area (Å²) in [5, 5.41) is 2.59. The SMILES string of the molecule is NCC(=O)Nc1ccc(N2CCC(C(N)=O)CC2)cn1. The molecule has 1 saturated heterocycles. The summed E-state index contributed by atoms with van der Waals surface area (Å²) >= 11 is 0. The zero-order chi connectivity index (χ0) is 14.5. The summed E-state index contributed by atoms with van der Waals surface area (Å²) in [6.45, 7) is 1.50. The first-order chi connectivity index (χ1) is 9.60. The van der Waals surface area contributed by atoms with Gasteiger partial charge in [0, 0.05) is 19.0 Å². The number of rotatable bonds is 4. The molecule has 2 heterocycles. The lowest BCUT2D eigenvalue weighted by molar-refractivity contribution is -0.122. The van der Waals surface area contributed by atoms with Gasteiger partial charge < -0.3 is 21.7 Å². The molecule has 2 rings (SSSR count). The predicted molar refractivity (Wildman–Crippen MR) is 76.1 cm³/mol. The summed E-state index contributed by atoms with van der Waals surface area (Å²) in [5.41, 5.74) is 11.5. The summed E-state index contributed by atoms with van der Waals surface area (Å²) in [6.07, 6.45) is 3.23. The topological polar surface area (TPSA) is 114 Å². The van der Waals surface area contributed by atoms with E-state index in [1.165, 1.54) is 0 Å². The lowest BCUT2D eigenvalue weighted by Crippen LogP contribution is -2.38. The molecule has 0 aliphatic carbocycles. The van der Waals surface area contributed by atoms with Gasteiger partial charge in [-0.15, -0.1) is 0 Å². The van der Waals surface area contributed by atoms with Crippen LogP contribution < -0.4 is 21.7 Å². The van der Waals surface area contributed by atoms with Gasteiger partial charge in [0.05, 0.1) is 18.4 Å². The second kappa shape index (κ2) is 6.33. The van der Waals surface area contributed by atoms with Gasteiger partial charge in [0.15, 0.2) is 0 Å². The smallest absolute Gasteiger partial charge is 0.239 e. The highest BCUT2D eigenvalue weighted by Gasteiger charge is 2.23. The monoisotopic (exact) mass is 277 g/mol. The van der Waals surface area contributed by atoms with E-state index in [0.717, 1.165) is 31.6 Å². The third-order valence-electron chi connectivity index (χ3n) is 3.46. The van der Waals surface area contributed by atoms with Crippen LogP contribution in [0.15, 0.2) is 18.3 Å². The molecule has 0 spiro atoms. The standard InChI is InChI=1S/C13H19N5O2/c14-7-12(19)17-11-2-1-10(8-16-11)18-5-3-9(4-6-18)13(15)20/h1-2,8-9H,3-7,14H2,(H2,15,20)(H,16,17,19). The van der Waals surface area contributed by atoms with Crippen molar-refractivity contribution in [1.82, 2.24) is 4.98 Å². The number of hydrogen-bond donors (Lipinski definition) is 3. The van der Waals surface area contributed by atoms with Gasteiger partial charge in [-0.2, -0.15) is 0 Å². The Morgan fingerprint density at radius 3 is 2.55 bits per heavy atom. The number of primary amides is 1. The van der Waals surface area contributed by atoms with E-state index in [-0.39, 0.29) is 24.3 Å². The summed E-state index contributed by atoms with van der Waals surface area (Å²) < 4.78 is 0. The Hall–Kier alpha value is -2.15. The van der Waals surface area contributed by atoms with Crippen molar-refractivity contribution in [3.05, 3.63) is 18.3 Å². The Kier molecular flexibility index (Phi) is 4.52. The van der Waals surface area contributed by atoms with Gasteiger partial charge >= 0.3 is 0 Å².